The van der Waals surface area contributed by atoms with Crippen molar-refractivity contribution in [2.24, 2.45) is 0 Å². The maximum Gasteiger partial charge on any atom is 0.345 e. The summed E-state index contributed by atoms with van der Waals surface area (Å²) < 4.78 is 28.1. The molecule has 0 bridgehead atoms. The summed E-state index contributed by atoms with van der Waals surface area (Å²) in [5.41, 5.74) is 2.19. The molecule has 0 aliphatic heterocycles. The lowest BCUT2D eigenvalue weighted by molar-refractivity contribution is -0.131. The molecule has 0 saturated carbocycles. The zero-order valence-corrected chi connectivity index (χ0v) is 11.6. The lowest BCUT2D eigenvalue weighted by Gasteiger charge is -2.25. The first kappa shape index (κ1) is 14.6. The van der Waals surface area contributed by atoms with Crippen LogP contribution in [0.3, 0.4) is 0 Å². The fourth-order valence-corrected chi connectivity index (χ4v) is 1.97. The van der Waals surface area contributed by atoms with Crippen molar-refractivity contribution in [1.82, 2.24) is 0 Å². The van der Waals surface area contributed by atoms with Gasteiger partial charge in [-0.15, -0.1) is 0 Å². The highest BCUT2D eigenvalue weighted by atomic mass is 79.9. The van der Waals surface area contributed by atoms with Gasteiger partial charge in [0.1, 0.15) is 0 Å². The predicted octanol–water partition coefficient (Wildman–Crippen LogP) is 4.49. The van der Waals surface area contributed by atoms with Gasteiger partial charge >= 0.3 is 6.61 Å². The van der Waals surface area contributed by atoms with Gasteiger partial charge in [-0.25, -0.2) is 0 Å². The van der Waals surface area contributed by atoms with Crippen molar-refractivity contribution in [1.29, 1.82) is 0 Å². The van der Waals surface area contributed by atoms with E-state index in [4.69, 9.17) is 0 Å². The molecule has 0 heterocycles. The summed E-state index contributed by atoms with van der Waals surface area (Å²) in [4.78, 5) is 0. The molecule has 0 fully saturated rings. The predicted molar refractivity (Wildman–Crippen MR) is 68.7 cm³/mol. The molecule has 0 unspecified atom stereocenters. The molecule has 1 aromatic rings. The number of benzene rings is 1. The van der Waals surface area contributed by atoms with Gasteiger partial charge in [-0.1, -0.05) is 54.0 Å². The molecular formula is C13H17BrF2O. The molecule has 0 amide bonds. The van der Waals surface area contributed by atoms with Crippen molar-refractivity contribution in [3.63, 3.8) is 0 Å². The molecule has 0 aliphatic carbocycles. The molecule has 4 heteroatoms. The van der Waals surface area contributed by atoms with Crippen LogP contribution in [0.4, 0.5) is 8.78 Å². The maximum atomic E-state index is 11.9. The van der Waals surface area contributed by atoms with Gasteiger partial charge < -0.3 is 4.74 Å². The third kappa shape index (κ3) is 4.72. The Bertz CT molecular complexity index is 336. The first-order chi connectivity index (χ1) is 7.95. The van der Waals surface area contributed by atoms with Crippen molar-refractivity contribution in [2.75, 3.05) is 6.61 Å². The van der Waals surface area contributed by atoms with E-state index < -0.39 is 6.61 Å². The van der Waals surface area contributed by atoms with Gasteiger partial charge in [-0.05, 0) is 23.0 Å². The molecule has 1 rings (SSSR count). The number of rotatable bonds is 6. The van der Waals surface area contributed by atoms with Crippen LogP contribution in [0.1, 0.15) is 31.4 Å². The number of ether oxygens (including phenoxy) is 1. The number of hydrogen-bond donors (Lipinski definition) is 0. The molecule has 1 nitrogen and oxygen atoms in total. The van der Waals surface area contributed by atoms with Crippen molar-refractivity contribution < 1.29 is 13.5 Å². The summed E-state index contributed by atoms with van der Waals surface area (Å²) >= 11 is 3.39. The molecule has 0 radical (unpaired) electrons. The van der Waals surface area contributed by atoms with E-state index in [2.05, 4.69) is 20.7 Å². The average Bonchev–Trinajstić information content (AvgIpc) is 2.28. The van der Waals surface area contributed by atoms with Gasteiger partial charge in [0, 0.05) is 5.33 Å². The molecule has 0 N–H and O–H groups in total. The van der Waals surface area contributed by atoms with E-state index in [1.165, 1.54) is 5.56 Å². The molecule has 0 aliphatic rings. The normalized spacial score (nSPS) is 12.1. The topological polar surface area (TPSA) is 9.23 Å². The van der Waals surface area contributed by atoms with E-state index in [-0.39, 0.29) is 12.0 Å². The molecule has 0 atom stereocenters. The third-order valence-corrected chi connectivity index (χ3v) is 3.51. The molecule has 1 aromatic carbocycles. The lowest BCUT2D eigenvalue weighted by Crippen LogP contribution is -2.20. The quantitative estimate of drug-likeness (QED) is 0.704. The minimum atomic E-state index is -2.68. The number of hydrogen-bond acceptors (Lipinski definition) is 1. The largest absolute Gasteiger partial charge is 0.345 e. The Morgan fingerprint density at radius 3 is 2.29 bits per heavy atom. The van der Waals surface area contributed by atoms with Crippen LogP contribution in [0.15, 0.2) is 24.3 Å². The van der Waals surface area contributed by atoms with Crippen LogP contribution in [-0.2, 0) is 15.5 Å². The summed E-state index contributed by atoms with van der Waals surface area (Å²) in [6.07, 6.45) is 0.574. The van der Waals surface area contributed by atoms with Gasteiger partial charge in [0.05, 0.1) is 6.61 Å². The summed E-state index contributed by atoms with van der Waals surface area (Å²) in [7, 11) is 0. The maximum absolute atomic E-state index is 11.9. The lowest BCUT2D eigenvalue weighted by atomic mass is 9.81. The first-order valence-corrected chi connectivity index (χ1v) is 6.63. The smallest absolute Gasteiger partial charge is 0.323 e. The van der Waals surface area contributed by atoms with Gasteiger partial charge in [0.25, 0.3) is 0 Å². The zero-order valence-electron chi connectivity index (χ0n) is 10.1. The van der Waals surface area contributed by atoms with Crippen LogP contribution in [-0.4, -0.2) is 13.2 Å². The van der Waals surface area contributed by atoms with Crippen LogP contribution in [0.5, 0.6) is 0 Å². The van der Waals surface area contributed by atoms with Gasteiger partial charge in [-0.2, -0.15) is 8.78 Å². The van der Waals surface area contributed by atoms with Crippen LogP contribution in [0.25, 0.3) is 0 Å². The fourth-order valence-electron chi connectivity index (χ4n) is 1.59. The van der Waals surface area contributed by atoms with Gasteiger partial charge in [0.15, 0.2) is 0 Å². The van der Waals surface area contributed by atoms with Crippen molar-refractivity contribution in [3.8, 4) is 0 Å². The molecule has 0 spiro atoms. The second-order valence-corrected chi connectivity index (χ2v) is 5.16. The minimum Gasteiger partial charge on any atom is -0.323 e. The fraction of sp³-hybridized carbons (Fsp3) is 0.538. The molecule has 96 valence electrons. The van der Waals surface area contributed by atoms with E-state index in [1.807, 2.05) is 38.1 Å². The first-order valence-electron chi connectivity index (χ1n) is 5.51. The molecule has 0 saturated heterocycles. The highest BCUT2D eigenvalue weighted by Gasteiger charge is 2.20. The Kier molecular flexibility index (Phi) is 5.53. The Morgan fingerprint density at radius 2 is 1.82 bits per heavy atom. The van der Waals surface area contributed by atoms with Crippen LogP contribution >= 0.6 is 15.9 Å². The second-order valence-electron chi connectivity index (χ2n) is 4.60. The average molecular weight is 307 g/mol. The zero-order chi connectivity index (χ0) is 12.9. The van der Waals surface area contributed by atoms with Crippen LogP contribution in [0.2, 0.25) is 0 Å². The van der Waals surface area contributed by atoms with Crippen molar-refractivity contribution >= 4 is 15.9 Å². The third-order valence-electron chi connectivity index (χ3n) is 2.86. The molecule has 0 aromatic heterocycles. The summed E-state index contributed by atoms with van der Waals surface area (Å²) in [5, 5.41) is 0.822. The van der Waals surface area contributed by atoms with Gasteiger partial charge in [-0.3, -0.25) is 0 Å². The highest BCUT2D eigenvalue weighted by Crippen LogP contribution is 2.27. The summed E-state index contributed by atoms with van der Waals surface area (Å²) in [5.74, 6) is 0. The Hall–Kier alpha value is -0.480. The number of alkyl halides is 3. The summed E-state index contributed by atoms with van der Waals surface area (Å²) in [6.45, 7) is 1.46. The van der Waals surface area contributed by atoms with Gasteiger partial charge in [0.2, 0.25) is 0 Å². The Morgan fingerprint density at radius 1 is 1.24 bits per heavy atom. The van der Waals surface area contributed by atoms with E-state index >= 15 is 0 Å². The van der Waals surface area contributed by atoms with Crippen molar-refractivity contribution in [3.05, 3.63) is 35.4 Å². The Labute approximate surface area is 109 Å². The van der Waals surface area contributed by atoms with E-state index in [9.17, 15) is 8.78 Å². The molecular weight excluding hydrogens is 290 g/mol. The van der Waals surface area contributed by atoms with E-state index in [0.717, 1.165) is 10.9 Å². The highest BCUT2D eigenvalue weighted by molar-refractivity contribution is 9.08. The van der Waals surface area contributed by atoms with E-state index in [1.54, 1.807) is 0 Å². The standard InChI is InChI=1S/C13H17BrF2O/c1-13(2,7-8-17-12(15)16)11-5-3-10(9-14)4-6-11/h3-6,12H,7-9H2,1-2H3. The van der Waals surface area contributed by atoms with Crippen molar-refractivity contribution in [2.45, 2.75) is 37.6 Å². The summed E-state index contributed by atoms with van der Waals surface area (Å²) in [6, 6.07) is 8.16. The van der Waals surface area contributed by atoms with E-state index in [0.29, 0.717) is 6.42 Å². The SMILES string of the molecule is CC(C)(CCOC(F)F)c1ccc(CBr)cc1. The van der Waals surface area contributed by atoms with Crippen LogP contribution < -0.4 is 0 Å². The van der Waals surface area contributed by atoms with Crippen LogP contribution in [0, 0.1) is 0 Å². The monoisotopic (exact) mass is 306 g/mol. The number of halogens is 3. The molecule has 17 heavy (non-hydrogen) atoms. The second kappa shape index (κ2) is 6.45. The minimum absolute atomic E-state index is 0.0743. The Balaban J connectivity index is 2.61.